The summed E-state index contributed by atoms with van der Waals surface area (Å²) in [5.74, 6) is 1.56. The number of aromatic nitrogens is 1. The zero-order valence-corrected chi connectivity index (χ0v) is 9.18. The van der Waals surface area contributed by atoms with Gasteiger partial charge in [-0.2, -0.15) is 0 Å². The van der Waals surface area contributed by atoms with Crippen LogP contribution in [0.15, 0.2) is 18.3 Å². The minimum atomic E-state index is -1.02. The number of hydrogen-bond acceptors (Lipinski definition) is 3. The van der Waals surface area contributed by atoms with Crippen molar-refractivity contribution in [3.8, 4) is 12.3 Å². The molecule has 1 aromatic rings. The molecule has 4 nitrogen and oxygen atoms in total. The third-order valence-corrected chi connectivity index (χ3v) is 2.24. The summed E-state index contributed by atoms with van der Waals surface area (Å²) in [7, 11) is 0. The molecule has 0 bridgehead atoms. The van der Waals surface area contributed by atoms with Crippen molar-refractivity contribution in [2.24, 2.45) is 0 Å². The lowest BCUT2D eigenvalue weighted by molar-refractivity contribution is 0.0690. The van der Waals surface area contributed by atoms with Gasteiger partial charge in [-0.25, -0.2) is 9.78 Å². The summed E-state index contributed by atoms with van der Waals surface area (Å²) in [5.41, 5.74) is 0.944. The second-order valence-corrected chi connectivity index (χ2v) is 3.24. The largest absolute Gasteiger partial charge is 0.477 e. The number of carboxylic acids is 1. The number of nitrogens with zero attached hydrogens (tertiary/aromatic N) is 2. The highest BCUT2D eigenvalue weighted by Crippen LogP contribution is 2.13. The maximum Gasteiger partial charge on any atom is 0.354 e. The van der Waals surface area contributed by atoms with E-state index in [1.165, 1.54) is 6.07 Å². The fourth-order valence-electron chi connectivity index (χ4n) is 1.37. The summed E-state index contributed by atoms with van der Waals surface area (Å²) in [5, 5.41) is 8.71. The third-order valence-electron chi connectivity index (χ3n) is 2.24. The smallest absolute Gasteiger partial charge is 0.354 e. The molecule has 0 aromatic carbocycles. The number of anilines is 1. The van der Waals surface area contributed by atoms with E-state index in [1.807, 2.05) is 6.92 Å². The minimum absolute atomic E-state index is 0.0525. The molecule has 1 heterocycles. The quantitative estimate of drug-likeness (QED) is 0.763. The van der Waals surface area contributed by atoms with Gasteiger partial charge in [-0.3, -0.25) is 0 Å². The molecule has 0 atom stereocenters. The Labute approximate surface area is 94.9 Å². The van der Waals surface area contributed by atoms with E-state index in [4.69, 9.17) is 11.5 Å². The molecular weight excluding hydrogens is 204 g/mol. The summed E-state index contributed by atoms with van der Waals surface area (Å²) >= 11 is 0. The second kappa shape index (κ2) is 5.76. The van der Waals surface area contributed by atoms with Crippen LogP contribution in [0.1, 0.15) is 23.8 Å². The van der Waals surface area contributed by atoms with Crippen LogP contribution in [0.4, 0.5) is 5.69 Å². The zero-order valence-electron chi connectivity index (χ0n) is 9.18. The van der Waals surface area contributed by atoms with Crippen molar-refractivity contribution in [3.63, 3.8) is 0 Å². The molecule has 0 amide bonds. The van der Waals surface area contributed by atoms with E-state index in [9.17, 15) is 4.79 Å². The van der Waals surface area contributed by atoms with Gasteiger partial charge < -0.3 is 10.0 Å². The topological polar surface area (TPSA) is 53.4 Å². The summed E-state index contributed by atoms with van der Waals surface area (Å²) in [6.07, 6.45) is 7.42. The van der Waals surface area contributed by atoms with Crippen LogP contribution in [0.5, 0.6) is 0 Å². The molecular formula is C12H14N2O2. The number of pyridine rings is 1. The molecule has 0 fully saturated rings. The van der Waals surface area contributed by atoms with E-state index < -0.39 is 5.97 Å². The van der Waals surface area contributed by atoms with Crippen molar-refractivity contribution >= 4 is 11.7 Å². The first-order chi connectivity index (χ1) is 7.69. The number of terminal acetylenes is 1. The Balaban J connectivity index is 2.78. The average molecular weight is 218 g/mol. The molecule has 0 saturated heterocycles. The van der Waals surface area contributed by atoms with Gasteiger partial charge >= 0.3 is 5.97 Å². The molecule has 0 radical (unpaired) electrons. The average Bonchev–Trinajstić information content (AvgIpc) is 2.30. The molecule has 1 aromatic heterocycles. The highest BCUT2D eigenvalue weighted by molar-refractivity contribution is 5.85. The van der Waals surface area contributed by atoms with Crippen LogP contribution in [-0.2, 0) is 0 Å². The lowest BCUT2D eigenvalue weighted by Gasteiger charge is -2.21. The summed E-state index contributed by atoms with van der Waals surface area (Å²) in [6.45, 7) is 3.58. The summed E-state index contributed by atoms with van der Waals surface area (Å²) in [6, 6.07) is 3.24. The Bertz CT molecular complexity index is 392. The number of aromatic carboxylic acids is 1. The summed E-state index contributed by atoms with van der Waals surface area (Å²) < 4.78 is 0. The normalized spacial score (nSPS) is 9.50. The SMILES string of the molecule is C#CCCN(CC)c1ccc(C(=O)O)nc1. The van der Waals surface area contributed by atoms with Gasteiger partial charge in [-0.1, -0.05) is 0 Å². The number of rotatable bonds is 5. The fraction of sp³-hybridized carbons (Fsp3) is 0.333. The molecule has 16 heavy (non-hydrogen) atoms. The van der Waals surface area contributed by atoms with Crippen LogP contribution in [0, 0.1) is 12.3 Å². The molecule has 84 valence electrons. The van der Waals surface area contributed by atoms with Gasteiger partial charge in [0.05, 0.1) is 11.9 Å². The van der Waals surface area contributed by atoms with Crippen molar-refractivity contribution in [1.29, 1.82) is 0 Å². The highest BCUT2D eigenvalue weighted by atomic mass is 16.4. The Kier molecular flexibility index (Phi) is 4.34. The standard InChI is InChI=1S/C12H14N2O2/c1-3-5-8-14(4-2)10-6-7-11(12(15)16)13-9-10/h1,6-7,9H,4-5,8H2,2H3,(H,15,16). The maximum atomic E-state index is 10.6. The Morgan fingerprint density at radius 1 is 1.62 bits per heavy atom. The molecule has 4 heteroatoms. The predicted octanol–water partition coefficient (Wildman–Crippen LogP) is 1.63. The van der Waals surface area contributed by atoms with E-state index in [0.29, 0.717) is 6.42 Å². The monoisotopic (exact) mass is 218 g/mol. The van der Waals surface area contributed by atoms with Crippen LogP contribution in [0.25, 0.3) is 0 Å². The molecule has 0 spiro atoms. The van der Waals surface area contributed by atoms with E-state index in [2.05, 4.69) is 15.8 Å². The van der Waals surface area contributed by atoms with Crippen LogP contribution in [0.3, 0.4) is 0 Å². The minimum Gasteiger partial charge on any atom is -0.477 e. The third kappa shape index (κ3) is 2.99. The van der Waals surface area contributed by atoms with Gasteiger partial charge in [0.15, 0.2) is 0 Å². The zero-order chi connectivity index (χ0) is 12.0. The molecule has 0 aliphatic carbocycles. The highest BCUT2D eigenvalue weighted by Gasteiger charge is 2.07. The predicted molar refractivity (Wildman–Crippen MR) is 62.5 cm³/mol. The molecule has 0 aliphatic rings. The van der Waals surface area contributed by atoms with Gasteiger partial charge in [0.1, 0.15) is 5.69 Å². The lowest BCUT2D eigenvalue weighted by atomic mass is 10.3. The molecule has 1 N–H and O–H groups in total. The van der Waals surface area contributed by atoms with Crippen molar-refractivity contribution in [2.75, 3.05) is 18.0 Å². The van der Waals surface area contributed by atoms with Crippen molar-refractivity contribution in [3.05, 3.63) is 24.0 Å². The molecule has 0 aliphatic heterocycles. The molecule has 0 unspecified atom stereocenters. The number of hydrogen-bond donors (Lipinski definition) is 1. The lowest BCUT2D eigenvalue weighted by Crippen LogP contribution is -2.23. The first-order valence-electron chi connectivity index (χ1n) is 5.06. The van der Waals surface area contributed by atoms with Gasteiger partial charge in [-0.15, -0.1) is 12.3 Å². The Morgan fingerprint density at radius 2 is 2.38 bits per heavy atom. The Hall–Kier alpha value is -2.02. The van der Waals surface area contributed by atoms with E-state index in [-0.39, 0.29) is 5.69 Å². The number of carboxylic acid groups (broad SMARTS) is 1. The fourth-order valence-corrected chi connectivity index (χ4v) is 1.37. The van der Waals surface area contributed by atoms with Crippen molar-refractivity contribution < 1.29 is 9.90 Å². The van der Waals surface area contributed by atoms with Crippen LogP contribution >= 0.6 is 0 Å². The van der Waals surface area contributed by atoms with Gasteiger partial charge in [0.2, 0.25) is 0 Å². The van der Waals surface area contributed by atoms with E-state index in [0.717, 1.165) is 18.8 Å². The van der Waals surface area contributed by atoms with Crippen LogP contribution < -0.4 is 4.90 Å². The van der Waals surface area contributed by atoms with Crippen molar-refractivity contribution in [2.45, 2.75) is 13.3 Å². The Morgan fingerprint density at radius 3 is 2.81 bits per heavy atom. The van der Waals surface area contributed by atoms with Gasteiger partial charge in [0, 0.05) is 19.5 Å². The van der Waals surface area contributed by atoms with E-state index in [1.54, 1.807) is 12.3 Å². The van der Waals surface area contributed by atoms with E-state index >= 15 is 0 Å². The first kappa shape index (κ1) is 12.1. The van der Waals surface area contributed by atoms with Gasteiger partial charge in [0.25, 0.3) is 0 Å². The first-order valence-corrected chi connectivity index (χ1v) is 5.06. The molecule has 0 saturated carbocycles. The van der Waals surface area contributed by atoms with Crippen LogP contribution in [0.2, 0.25) is 0 Å². The number of carbonyl (C=O) groups is 1. The summed E-state index contributed by atoms with van der Waals surface area (Å²) in [4.78, 5) is 16.5. The second-order valence-electron chi connectivity index (χ2n) is 3.24. The van der Waals surface area contributed by atoms with Crippen molar-refractivity contribution in [1.82, 2.24) is 4.98 Å². The molecule has 1 rings (SSSR count). The van der Waals surface area contributed by atoms with Crippen LogP contribution in [-0.4, -0.2) is 29.1 Å². The van der Waals surface area contributed by atoms with Gasteiger partial charge in [-0.05, 0) is 19.1 Å². The maximum absolute atomic E-state index is 10.6.